The summed E-state index contributed by atoms with van der Waals surface area (Å²) >= 11 is 3.06. The maximum absolute atomic E-state index is 13.1. The molecular formula is C13H11BrF3NO. The first-order valence-electron chi connectivity index (χ1n) is 5.51. The Bertz CT molecular complexity index is 552. The topological polar surface area (TPSA) is 25.2 Å². The van der Waals surface area contributed by atoms with Gasteiger partial charge in [-0.05, 0) is 36.9 Å². The first kappa shape index (κ1) is 14.1. The number of hydrogen-bond acceptors (Lipinski definition) is 2. The minimum atomic E-state index is -4.42. The van der Waals surface area contributed by atoms with Gasteiger partial charge in [0.25, 0.3) is 0 Å². The molecule has 1 unspecified atom stereocenters. The Morgan fingerprint density at radius 1 is 1.26 bits per heavy atom. The molecule has 6 heteroatoms. The molecule has 0 spiro atoms. The van der Waals surface area contributed by atoms with E-state index in [4.69, 9.17) is 4.42 Å². The standard InChI is InChI=1S/C13H11BrF3NO/c1-18-12(11-3-2-6-19-11)9-5-4-8(14)7-10(9)13(15,16)17/h2-7,12,18H,1H3. The fraction of sp³-hybridized carbons (Fsp3) is 0.231. The van der Waals surface area contributed by atoms with Gasteiger partial charge in [-0.1, -0.05) is 22.0 Å². The number of furan rings is 1. The molecule has 1 aromatic carbocycles. The number of halogens is 4. The number of nitrogens with one attached hydrogen (secondary N) is 1. The lowest BCUT2D eigenvalue weighted by Crippen LogP contribution is -2.21. The van der Waals surface area contributed by atoms with Crippen LogP contribution in [0, 0.1) is 0 Å². The van der Waals surface area contributed by atoms with Crippen LogP contribution < -0.4 is 5.32 Å². The summed E-state index contributed by atoms with van der Waals surface area (Å²) in [6.07, 6.45) is -2.98. The van der Waals surface area contributed by atoms with Crippen LogP contribution in [0.4, 0.5) is 13.2 Å². The second kappa shape index (κ2) is 5.38. The molecule has 1 heterocycles. The molecule has 0 saturated heterocycles. The van der Waals surface area contributed by atoms with Crippen molar-refractivity contribution in [3.63, 3.8) is 0 Å². The minimum Gasteiger partial charge on any atom is -0.467 e. The average Bonchev–Trinajstić information content (AvgIpc) is 2.84. The summed E-state index contributed by atoms with van der Waals surface area (Å²) < 4.78 is 44.8. The summed E-state index contributed by atoms with van der Waals surface area (Å²) in [4.78, 5) is 0. The third-order valence-corrected chi connectivity index (χ3v) is 3.24. The predicted octanol–water partition coefficient (Wildman–Crippen LogP) is 4.37. The quantitative estimate of drug-likeness (QED) is 0.902. The van der Waals surface area contributed by atoms with Gasteiger partial charge in [-0.15, -0.1) is 0 Å². The summed E-state index contributed by atoms with van der Waals surface area (Å²) in [5.41, 5.74) is -0.550. The molecule has 0 saturated carbocycles. The van der Waals surface area contributed by atoms with Crippen molar-refractivity contribution in [3.05, 3.63) is 58.0 Å². The normalized spacial score (nSPS) is 13.5. The Morgan fingerprint density at radius 3 is 2.53 bits per heavy atom. The minimum absolute atomic E-state index is 0.133. The third kappa shape index (κ3) is 3.01. The van der Waals surface area contributed by atoms with E-state index in [9.17, 15) is 13.2 Å². The van der Waals surface area contributed by atoms with Gasteiger partial charge in [0.15, 0.2) is 0 Å². The largest absolute Gasteiger partial charge is 0.467 e. The number of hydrogen-bond donors (Lipinski definition) is 1. The fourth-order valence-electron chi connectivity index (χ4n) is 1.93. The van der Waals surface area contributed by atoms with Crippen LogP contribution in [-0.2, 0) is 6.18 Å². The summed E-state index contributed by atoms with van der Waals surface area (Å²) in [6, 6.07) is 6.74. The van der Waals surface area contributed by atoms with Crippen molar-refractivity contribution in [3.8, 4) is 0 Å². The van der Waals surface area contributed by atoms with E-state index in [1.54, 1.807) is 25.2 Å². The van der Waals surface area contributed by atoms with Crippen molar-refractivity contribution in [2.45, 2.75) is 12.2 Å². The zero-order chi connectivity index (χ0) is 14.0. The predicted molar refractivity (Wildman–Crippen MR) is 68.8 cm³/mol. The van der Waals surface area contributed by atoms with Crippen molar-refractivity contribution in [2.24, 2.45) is 0 Å². The molecule has 2 rings (SSSR count). The van der Waals surface area contributed by atoms with E-state index in [0.717, 1.165) is 6.07 Å². The van der Waals surface area contributed by atoms with Crippen LogP contribution >= 0.6 is 15.9 Å². The smallest absolute Gasteiger partial charge is 0.416 e. The molecule has 0 radical (unpaired) electrons. The van der Waals surface area contributed by atoms with Crippen molar-refractivity contribution in [2.75, 3.05) is 7.05 Å². The van der Waals surface area contributed by atoms with Gasteiger partial charge in [-0.25, -0.2) is 0 Å². The number of rotatable bonds is 3. The van der Waals surface area contributed by atoms with Gasteiger partial charge in [0.05, 0.1) is 17.9 Å². The van der Waals surface area contributed by atoms with Crippen LogP contribution in [-0.4, -0.2) is 7.05 Å². The average molecular weight is 334 g/mol. The molecule has 1 N–H and O–H groups in total. The van der Waals surface area contributed by atoms with Crippen LogP contribution in [0.15, 0.2) is 45.5 Å². The number of alkyl halides is 3. The van der Waals surface area contributed by atoms with Crippen LogP contribution in [0.25, 0.3) is 0 Å². The van der Waals surface area contributed by atoms with Crippen LogP contribution in [0.2, 0.25) is 0 Å². The lowest BCUT2D eigenvalue weighted by molar-refractivity contribution is -0.138. The third-order valence-electron chi connectivity index (χ3n) is 2.75. The van der Waals surface area contributed by atoms with E-state index >= 15 is 0 Å². The van der Waals surface area contributed by atoms with Crippen LogP contribution in [0.3, 0.4) is 0 Å². The maximum Gasteiger partial charge on any atom is 0.416 e. The lowest BCUT2D eigenvalue weighted by Gasteiger charge is -2.20. The Morgan fingerprint density at radius 2 is 2.00 bits per heavy atom. The highest BCUT2D eigenvalue weighted by Gasteiger charge is 2.36. The van der Waals surface area contributed by atoms with Crippen molar-refractivity contribution >= 4 is 15.9 Å². The number of benzene rings is 1. The van der Waals surface area contributed by atoms with Gasteiger partial charge in [-0.3, -0.25) is 0 Å². The van der Waals surface area contributed by atoms with E-state index in [1.165, 1.54) is 12.3 Å². The summed E-state index contributed by atoms with van der Waals surface area (Å²) in [5, 5.41) is 2.84. The summed E-state index contributed by atoms with van der Waals surface area (Å²) in [5.74, 6) is 0.440. The molecule has 0 bridgehead atoms. The fourth-order valence-corrected chi connectivity index (χ4v) is 2.29. The highest BCUT2D eigenvalue weighted by Crippen LogP contribution is 2.38. The Balaban J connectivity index is 2.55. The maximum atomic E-state index is 13.1. The molecule has 2 nitrogen and oxygen atoms in total. The monoisotopic (exact) mass is 333 g/mol. The molecule has 1 aromatic heterocycles. The highest BCUT2D eigenvalue weighted by molar-refractivity contribution is 9.10. The van der Waals surface area contributed by atoms with Gasteiger partial charge in [0, 0.05) is 4.47 Å². The van der Waals surface area contributed by atoms with Gasteiger partial charge in [0.2, 0.25) is 0 Å². The van der Waals surface area contributed by atoms with Gasteiger partial charge in [0.1, 0.15) is 5.76 Å². The van der Waals surface area contributed by atoms with E-state index < -0.39 is 17.8 Å². The second-order valence-corrected chi connectivity index (χ2v) is 4.88. The van der Waals surface area contributed by atoms with Gasteiger partial charge >= 0.3 is 6.18 Å². The molecule has 0 aliphatic carbocycles. The molecule has 1 atom stereocenters. The first-order valence-corrected chi connectivity index (χ1v) is 6.30. The van der Waals surface area contributed by atoms with E-state index in [-0.39, 0.29) is 5.56 Å². The van der Waals surface area contributed by atoms with Crippen molar-refractivity contribution in [1.29, 1.82) is 0 Å². The van der Waals surface area contributed by atoms with Gasteiger partial charge in [-0.2, -0.15) is 13.2 Å². The molecule has 102 valence electrons. The van der Waals surface area contributed by atoms with Crippen LogP contribution in [0.1, 0.15) is 22.9 Å². The summed E-state index contributed by atoms with van der Waals surface area (Å²) in [6.45, 7) is 0. The van der Waals surface area contributed by atoms with Crippen LogP contribution in [0.5, 0.6) is 0 Å². The molecule has 2 aromatic rings. The SMILES string of the molecule is CNC(c1ccco1)c1ccc(Br)cc1C(F)(F)F. The Kier molecular flexibility index (Phi) is 4.01. The van der Waals surface area contributed by atoms with E-state index in [0.29, 0.717) is 10.2 Å². The van der Waals surface area contributed by atoms with E-state index in [1.807, 2.05) is 0 Å². The molecule has 0 fully saturated rings. The first-order chi connectivity index (χ1) is 8.93. The molecular weight excluding hydrogens is 323 g/mol. The van der Waals surface area contributed by atoms with Crippen molar-refractivity contribution < 1.29 is 17.6 Å². The van der Waals surface area contributed by atoms with E-state index in [2.05, 4.69) is 21.2 Å². The summed E-state index contributed by atoms with van der Waals surface area (Å²) in [7, 11) is 1.59. The molecule has 0 aliphatic rings. The van der Waals surface area contributed by atoms with Gasteiger partial charge < -0.3 is 9.73 Å². The van der Waals surface area contributed by atoms with Crippen molar-refractivity contribution in [1.82, 2.24) is 5.32 Å². The molecule has 19 heavy (non-hydrogen) atoms. The Hall–Kier alpha value is -1.27. The highest BCUT2D eigenvalue weighted by atomic mass is 79.9. The second-order valence-electron chi connectivity index (χ2n) is 3.97. The lowest BCUT2D eigenvalue weighted by atomic mass is 9.98. The zero-order valence-corrected chi connectivity index (χ0v) is 11.5. The zero-order valence-electron chi connectivity index (χ0n) is 9.96. The Labute approximate surface area is 116 Å². The molecule has 0 amide bonds. The molecule has 0 aliphatic heterocycles.